The van der Waals surface area contributed by atoms with E-state index in [1.807, 2.05) is 37.3 Å². The van der Waals surface area contributed by atoms with Gasteiger partial charge in [0, 0.05) is 17.4 Å². The second-order valence-corrected chi connectivity index (χ2v) is 8.77. The highest BCUT2D eigenvalue weighted by atomic mass is 32.2. The summed E-state index contributed by atoms with van der Waals surface area (Å²) in [6, 6.07) is 10.5. The number of aliphatic hydroxyl groups excluding tert-OH is 1. The number of rotatable bonds is 5. The molecule has 0 unspecified atom stereocenters. The fourth-order valence-electron chi connectivity index (χ4n) is 3.71. The van der Waals surface area contributed by atoms with E-state index in [2.05, 4.69) is 29.5 Å². The molecule has 0 saturated heterocycles. The number of ether oxygens (including phenoxy) is 1. The van der Waals surface area contributed by atoms with E-state index in [1.165, 1.54) is 36.0 Å². The molecule has 1 aliphatic carbocycles. The zero-order valence-electron chi connectivity index (χ0n) is 17.7. The lowest BCUT2D eigenvalue weighted by Gasteiger charge is -2.07. The zero-order valence-corrected chi connectivity index (χ0v) is 18.5. The third-order valence-electron chi connectivity index (χ3n) is 5.36. The van der Waals surface area contributed by atoms with Gasteiger partial charge in [0.2, 0.25) is 0 Å². The van der Waals surface area contributed by atoms with E-state index in [4.69, 9.17) is 4.74 Å². The number of aryl methyl sites for hydroxylation is 2. The van der Waals surface area contributed by atoms with Crippen molar-refractivity contribution in [3.05, 3.63) is 69.1 Å². The molecule has 1 aromatic carbocycles. The average Bonchev–Trinajstić information content (AvgIpc) is 3.43. The number of benzene rings is 1. The van der Waals surface area contributed by atoms with Gasteiger partial charge in [-0.3, -0.25) is 0 Å². The Morgan fingerprint density at radius 1 is 1.27 bits per heavy atom. The van der Waals surface area contributed by atoms with Crippen LogP contribution in [-0.4, -0.2) is 27.3 Å². The second kappa shape index (κ2) is 8.19. The Morgan fingerprint density at radius 3 is 2.60 bits per heavy atom. The minimum absolute atomic E-state index is 0.0689. The van der Waals surface area contributed by atoms with Crippen LogP contribution < -0.4 is 0 Å². The first-order chi connectivity index (χ1) is 14.4. The molecule has 5 nitrogen and oxygen atoms in total. The fraction of sp³-hybridized carbons (Fsp3) is 0.333. The van der Waals surface area contributed by atoms with Gasteiger partial charge in [-0.25, -0.2) is 9.79 Å². The minimum Gasteiger partial charge on any atom is -0.506 e. The lowest BCUT2D eigenvalue weighted by molar-refractivity contribution is -0.138. The van der Waals surface area contributed by atoms with E-state index >= 15 is 0 Å². The van der Waals surface area contributed by atoms with Crippen LogP contribution in [0, 0.1) is 20.8 Å². The van der Waals surface area contributed by atoms with Crippen LogP contribution in [0.25, 0.3) is 6.08 Å². The monoisotopic (exact) mass is 422 g/mol. The highest BCUT2D eigenvalue weighted by molar-refractivity contribution is 8.18. The van der Waals surface area contributed by atoms with Crippen molar-refractivity contribution >= 4 is 34.5 Å². The SMILES string of the molecule is CCOC(=O)C1=C(O)/C(=C/c2cc(C)n(C3CC3)c2C)SC1=Nc1ccc(C)cc1. The number of aliphatic imine (C=N–C) groups is 1. The van der Waals surface area contributed by atoms with Crippen molar-refractivity contribution in [3.63, 3.8) is 0 Å². The molecular formula is C24H26N2O3S. The predicted octanol–water partition coefficient (Wildman–Crippen LogP) is 5.94. The molecule has 0 bridgehead atoms. The van der Waals surface area contributed by atoms with Crippen molar-refractivity contribution < 1.29 is 14.6 Å². The smallest absolute Gasteiger partial charge is 0.344 e. The number of aromatic nitrogens is 1. The first-order valence-corrected chi connectivity index (χ1v) is 11.0. The second-order valence-electron chi connectivity index (χ2n) is 7.73. The number of hydrogen-bond acceptors (Lipinski definition) is 5. The topological polar surface area (TPSA) is 63.8 Å². The van der Waals surface area contributed by atoms with E-state index in [0.717, 1.165) is 16.8 Å². The van der Waals surface area contributed by atoms with Crippen LogP contribution in [0.4, 0.5) is 5.69 Å². The van der Waals surface area contributed by atoms with E-state index in [0.29, 0.717) is 16.0 Å². The van der Waals surface area contributed by atoms with Crippen LogP contribution in [-0.2, 0) is 9.53 Å². The van der Waals surface area contributed by atoms with Gasteiger partial charge >= 0.3 is 5.97 Å². The third kappa shape index (κ3) is 3.97. The molecule has 156 valence electrons. The van der Waals surface area contributed by atoms with Gasteiger partial charge in [0.1, 0.15) is 16.4 Å². The van der Waals surface area contributed by atoms with Crippen LogP contribution in [0.3, 0.4) is 0 Å². The number of hydrogen-bond donors (Lipinski definition) is 1. The van der Waals surface area contributed by atoms with Crippen molar-refractivity contribution in [2.24, 2.45) is 4.99 Å². The Labute approximate surface area is 181 Å². The molecular weight excluding hydrogens is 396 g/mol. The number of carbonyl (C=O) groups is 1. The minimum atomic E-state index is -0.555. The highest BCUT2D eigenvalue weighted by Crippen LogP contribution is 2.42. The van der Waals surface area contributed by atoms with Crippen LogP contribution >= 0.6 is 11.8 Å². The molecule has 2 aromatic rings. The molecule has 1 fully saturated rings. The van der Waals surface area contributed by atoms with Crippen molar-refractivity contribution in [2.45, 2.75) is 46.6 Å². The molecule has 4 rings (SSSR count). The third-order valence-corrected chi connectivity index (χ3v) is 6.38. The van der Waals surface area contributed by atoms with Crippen LogP contribution in [0.15, 0.2) is 51.6 Å². The molecule has 0 amide bonds. The van der Waals surface area contributed by atoms with Crippen molar-refractivity contribution in [2.75, 3.05) is 6.61 Å². The maximum Gasteiger partial charge on any atom is 0.344 e. The lowest BCUT2D eigenvalue weighted by atomic mass is 10.1. The van der Waals surface area contributed by atoms with Gasteiger partial charge < -0.3 is 14.4 Å². The summed E-state index contributed by atoms with van der Waals surface area (Å²) in [5, 5.41) is 11.3. The molecule has 0 spiro atoms. The van der Waals surface area contributed by atoms with Gasteiger partial charge in [-0.15, -0.1) is 0 Å². The largest absolute Gasteiger partial charge is 0.506 e. The molecule has 1 N–H and O–H groups in total. The van der Waals surface area contributed by atoms with Crippen molar-refractivity contribution in [1.29, 1.82) is 0 Å². The number of aliphatic hydroxyl groups is 1. The Hall–Kier alpha value is -2.73. The van der Waals surface area contributed by atoms with Gasteiger partial charge in [0.25, 0.3) is 0 Å². The molecule has 1 saturated carbocycles. The molecule has 1 aliphatic heterocycles. The molecule has 2 aliphatic rings. The van der Waals surface area contributed by atoms with E-state index in [1.54, 1.807) is 6.92 Å². The first kappa shape index (κ1) is 20.5. The maximum atomic E-state index is 12.6. The maximum absolute atomic E-state index is 12.6. The van der Waals surface area contributed by atoms with Gasteiger partial charge in [-0.05, 0) is 70.4 Å². The quantitative estimate of drug-likeness (QED) is 0.606. The molecule has 1 aromatic heterocycles. The summed E-state index contributed by atoms with van der Waals surface area (Å²) < 4.78 is 7.55. The standard InChI is InChI=1S/C24H26N2O3S/c1-5-29-24(28)21-22(27)20(30-23(21)25-18-8-6-14(2)7-9-18)13-17-12-15(3)26(16(17)4)19-10-11-19/h6-9,12-13,19,27H,5,10-11H2,1-4H3/b20-13-,25-23?. The summed E-state index contributed by atoms with van der Waals surface area (Å²) >= 11 is 1.30. The summed E-state index contributed by atoms with van der Waals surface area (Å²) in [6.45, 7) is 8.21. The van der Waals surface area contributed by atoms with Crippen molar-refractivity contribution in [1.82, 2.24) is 4.57 Å². The molecule has 30 heavy (non-hydrogen) atoms. The average molecular weight is 423 g/mol. The summed E-state index contributed by atoms with van der Waals surface area (Å²) in [7, 11) is 0. The first-order valence-electron chi connectivity index (χ1n) is 10.2. The molecule has 2 heterocycles. The number of thioether (sulfide) groups is 1. The van der Waals surface area contributed by atoms with Crippen LogP contribution in [0.2, 0.25) is 0 Å². The fourth-order valence-corrected chi connectivity index (χ4v) is 4.74. The highest BCUT2D eigenvalue weighted by Gasteiger charge is 2.34. The van der Waals surface area contributed by atoms with E-state index in [9.17, 15) is 9.90 Å². The van der Waals surface area contributed by atoms with Gasteiger partial charge in [0.15, 0.2) is 0 Å². The van der Waals surface area contributed by atoms with Gasteiger partial charge in [-0.2, -0.15) is 0 Å². The number of carbonyl (C=O) groups excluding carboxylic acids is 1. The molecule has 0 atom stereocenters. The summed E-state index contributed by atoms with van der Waals surface area (Å²) in [6.07, 6.45) is 4.37. The van der Waals surface area contributed by atoms with Gasteiger partial charge in [-0.1, -0.05) is 29.5 Å². The van der Waals surface area contributed by atoms with Crippen LogP contribution in [0.1, 0.15) is 48.3 Å². The normalized spacial score (nSPS) is 19.2. The van der Waals surface area contributed by atoms with Gasteiger partial charge in [0.05, 0.1) is 17.2 Å². The summed E-state index contributed by atoms with van der Waals surface area (Å²) in [5.41, 5.74) is 5.43. The van der Waals surface area contributed by atoms with E-state index < -0.39 is 5.97 Å². The molecule has 6 heteroatoms. The Kier molecular flexibility index (Phi) is 5.60. The van der Waals surface area contributed by atoms with E-state index in [-0.39, 0.29) is 17.9 Å². The number of esters is 1. The Bertz CT molecular complexity index is 1090. The van der Waals surface area contributed by atoms with Crippen molar-refractivity contribution in [3.8, 4) is 0 Å². The predicted molar refractivity (Wildman–Crippen MR) is 122 cm³/mol. The Balaban J connectivity index is 1.74. The lowest BCUT2D eigenvalue weighted by Crippen LogP contribution is -2.12. The number of nitrogens with zero attached hydrogens (tertiary/aromatic N) is 2. The van der Waals surface area contributed by atoms with Crippen LogP contribution in [0.5, 0.6) is 0 Å². The molecule has 0 radical (unpaired) electrons. The summed E-state index contributed by atoms with van der Waals surface area (Å²) in [4.78, 5) is 17.8. The summed E-state index contributed by atoms with van der Waals surface area (Å²) in [5.74, 6) is -0.624. The zero-order chi connectivity index (χ0) is 21.4. The Morgan fingerprint density at radius 2 is 1.97 bits per heavy atom.